The lowest BCUT2D eigenvalue weighted by molar-refractivity contribution is 0.409. The van der Waals surface area contributed by atoms with Crippen LogP contribution in [0, 0.1) is 6.92 Å². The highest BCUT2D eigenvalue weighted by molar-refractivity contribution is 7.89. The lowest BCUT2D eigenvalue weighted by Crippen LogP contribution is -2.32. The number of aromatic nitrogens is 2. The Balaban J connectivity index is 3.11. The summed E-state index contributed by atoms with van der Waals surface area (Å²) in [7, 11) is -1.64. The van der Waals surface area contributed by atoms with E-state index in [-0.39, 0.29) is 0 Å². The minimum Gasteiger partial charge on any atom is -0.272 e. The zero-order valence-corrected chi connectivity index (χ0v) is 11.8. The summed E-state index contributed by atoms with van der Waals surface area (Å²) in [6.45, 7) is 6.85. The Hall–Kier alpha value is -0.880. The Morgan fingerprint density at radius 3 is 2.18 bits per heavy atom. The third-order valence-electron chi connectivity index (χ3n) is 2.75. The molecule has 98 valence electrons. The van der Waals surface area contributed by atoms with Crippen molar-refractivity contribution in [2.45, 2.75) is 38.5 Å². The second-order valence-electron chi connectivity index (χ2n) is 4.12. The third kappa shape index (κ3) is 2.87. The standard InChI is InChI=1S/C11H21N3O2S/c1-5-7-14(8-6-2)17(15,16)11-9-12-13(4)10(11)3/h9H,5-8H2,1-4H3. The molecule has 0 amide bonds. The van der Waals surface area contributed by atoms with E-state index in [0.29, 0.717) is 23.7 Å². The predicted octanol–water partition coefficient (Wildman–Crippen LogP) is 1.54. The minimum absolute atomic E-state index is 0.321. The average Bonchev–Trinajstić information content (AvgIpc) is 2.60. The fourth-order valence-corrected chi connectivity index (χ4v) is 3.53. The van der Waals surface area contributed by atoms with Gasteiger partial charge in [-0.2, -0.15) is 9.40 Å². The third-order valence-corrected chi connectivity index (χ3v) is 4.76. The summed E-state index contributed by atoms with van der Waals surface area (Å²) in [6.07, 6.45) is 3.07. The molecule has 0 aromatic carbocycles. The molecule has 0 saturated heterocycles. The zero-order valence-electron chi connectivity index (χ0n) is 11.0. The van der Waals surface area contributed by atoms with Gasteiger partial charge in [-0.3, -0.25) is 4.68 Å². The lowest BCUT2D eigenvalue weighted by atomic mass is 10.4. The molecule has 17 heavy (non-hydrogen) atoms. The van der Waals surface area contributed by atoms with Gasteiger partial charge in [-0.1, -0.05) is 13.8 Å². The van der Waals surface area contributed by atoms with E-state index in [1.165, 1.54) is 10.5 Å². The molecule has 0 aliphatic carbocycles. The van der Waals surface area contributed by atoms with E-state index >= 15 is 0 Å². The first kappa shape index (κ1) is 14.2. The SMILES string of the molecule is CCCN(CCC)S(=O)(=O)c1cnn(C)c1C. The predicted molar refractivity (Wildman–Crippen MR) is 67.3 cm³/mol. The quantitative estimate of drug-likeness (QED) is 0.778. The van der Waals surface area contributed by atoms with E-state index in [1.807, 2.05) is 13.8 Å². The number of rotatable bonds is 6. The van der Waals surface area contributed by atoms with Gasteiger partial charge < -0.3 is 0 Å². The smallest absolute Gasteiger partial charge is 0.246 e. The Bertz CT molecular complexity index is 459. The van der Waals surface area contributed by atoms with Crippen LogP contribution in [0.5, 0.6) is 0 Å². The summed E-state index contributed by atoms with van der Waals surface area (Å²) in [5.74, 6) is 0. The van der Waals surface area contributed by atoms with Crippen LogP contribution in [0.25, 0.3) is 0 Å². The van der Waals surface area contributed by atoms with E-state index in [4.69, 9.17) is 0 Å². The topological polar surface area (TPSA) is 55.2 Å². The highest BCUT2D eigenvalue weighted by Crippen LogP contribution is 2.19. The van der Waals surface area contributed by atoms with Crippen LogP contribution in [0.4, 0.5) is 0 Å². The van der Waals surface area contributed by atoms with E-state index in [1.54, 1.807) is 18.7 Å². The second-order valence-corrected chi connectivity index (χ2v) is 6.03. The molecule has 1 heterocycles. The lowest BCUT2D eigenvalue weighted by Gasteiger charge is -2.20. The van der Waals surface area contributed by atoms with Crippen LogP contribution in [-0.4, -0.2) is 35.6 Å². The molecule has 1 aromatic heterocycles. The summed E-state index contributed by atoms with van der Waals surface area (Å²) < 4.78 is 28.0. The number of sulfonamides is 1. The Labute approximate surface area is 103 Å². The Morgan fingerprint density at radius 2 is 1.82 bits per heavy atom. The zero-order chi connectivity index (χ0) is 13.1. The highest BCUT2D eigenvalue weighted by atomic mass is 32.2. The van der Waals surface area contributed by atoms with Gasteiger partial charge in [0.15, 0.2) is 0 Å². The molecule has 0 radical (unpaired) electrons. The van der Waals surface area contributed by atoms with Crippen LogP contribution >= 0.6 is 0 Å². The number of hydrogen-bond acceptors (Lipinski definition) is 3. The van der Waals surface area contributed by atoms with Crippen LogP contribution in [0.2, 0.25) is 0 Å². The van der Waals surface area contributed by atoms with Gasteiger partial charge in [0.1, 0.15) is 4.90 Å². The molecule has 0 saturated carbocycles. The molecular weight excluding hydrogens is 238 g/mol. The van der Waals surface area contributed by atoms with Gasteiger partial charge in [0.05, 0.1) is 11.9 Å². The molecule has 0 N–H and O–H groups in total. The molecule has 0 fully saturated rings. The molecule has 5 nitrogen and oxygen atoms in total. The van der Waals surface area contributed by atoms with Crippen LogP contribution in [-0.2, 0) is 17.1 Å². The molecule has 0 spiro atoms. The monoisotopic (exact) mass is 259 g/mol. The highest BCUT2D eigenvalue weighted by Gasteiger charge is 2.26. The van der Waals surface area contributed by atoms with Crippen molar-refractivity contribution in [1.29, 1.82) is 0 Å². The molecular formula is C11H21N3O2S. The maximum atomic E-state index is 12.4. The van der Waals surface area contributed by atoms with Crippen molar-refractivity contribution in [3.63, 3.8) is 0 Å². The molecule has 1 rings (SSSR count). The van der Waals surface area contributed by atoms with Crippen molar-refractivity contribution < 1.29 is 8.42 Å². The molecule has 0 aliphatic heterocycles. The molecule has 1 aromatic rings. The van der Waals surface area contributed by atoms with Crippen molar-refractivity contribution in [2.24, 2.45) is 7.05 Å². The average molecular weight is 259 g/mol. The van der Waals surface area contributed by atoms with E-state index in [2.05, 4.69) is 5.10 Å². The van der Waals surface area contributed by atoms with Crippen LogP contribution in [0.3, 0.4) is 0 Å². The van der Waals surface area contributed by atoms with Gasteiger partial charge in [0, 0.05) is 20.1 Å². The largest absolute Gasteiger partial charge is 0.272 e. The number of hydrogen-bond donors (Lipinski definition) is 0. The van der Waals surface area contributed by atoms with Crippen molar-refractivity contribution in [3.05, 3.63) is 11.9 Å². The first-order valence-electron chi connectivity index (χ1n) is 5.93. The molecule has 6 heteroatoms. The minimum atomic E-state index is -3.39. The summed E-state index contributed by atoms with van der Waals surface area (Å²) in [5.41, 5.74) is 0.683. The van der Waals surface area contributed by atoms with Gasteiger partial charge in [-0.15, -0.1) is 0 Å². The summed E-state index contributed by atoms with van der Waals surface area (Å²) in [6, 6.07) is 0. The molecule has 0 bridgehead atoms. The molecule has 0 aliphatic rings. The van der Waals surface area contributed by atoms with E-state index in [0.717, 1.165) is 12.8 Å². The second kappa shape index (κ2) is 5.64. The Morgan fingerprint density at radius 1 is 1.29 bits per heavy atom. The number of aryl methyl sites for hydroxylation is 1. The first-order valence-corrected chi connectivity index (χ1v) is 7.37. The molecule has 0 unspecified atom stereocenters. The molecule has 0 atom stereocenters. The normalized spacial score (nSPS) is 12.3. The fourth-order valence-electron chi connectivity index (χ4n) is 1.72. The first-order chi connectivity index (χ1) is 7.95. The number of nitrogens with zero attached hydrogens (tertiary/aromatic N) is 3. The van der Waals surface area contributed by atoms with Crippen LogP contribution < -0.4 is 0 Å². The summed E-state index contributed by atoms with van der Waals surface area (Å²) in [5, 5.41) is 4.00. The van der Waals surface area contributed by atoms with Crippen molar-refractivity contribution >= 4 is 10.0 Å². The Kier molecular flexibility index (Phi) is 4.70. The van der Waals surface area contributed by atoms with Gasteiger partial charge >= 0.3 is 0 Å². The van der Waals surface area contributed by atoms with Crippen LogP contribution in [0.1, 0.15) is 32.4 Å². The van der Waals surface area contributed by atoms with E-state index < -0.39 is 10.0 Å². The fraction of sp³-hybridized carbons (Fsp3) is 0.727. The van der Waals surface area contributed by atoms with Gasteiger partial charge in [0.2, 0.25) is 10.0 Å². The maximum absolute atomic E-state index is 12.4. The summed E-state index contributed by atoms with van der Waals surface area (Å²) >= 11 is 0. The van der Waals surface area contributed by atoms with Crippen molar-refractivity contribution in [3.8, 4) is 0 Å². The van der Waals surface area contributed by atoms with Crippen molar-refractivity contribution in [1.82, 2.24) is 14.1 Å². The van der Waals surface area contributed by atoms with Crippen LogP contribution in [0.15, 0.2) is 11.1 Å². The summed E-state index contributed by atoms with van der Waals surface area (Å²) in [4.78, 5) is 0.321. The maximum Gasteiger partial charge on any atom is 0.246 e. The van der Waals surface area contributed by atoms with Gasteiger partial charge in [-0.05, 0) is 19.8 Å². The van der Waals surface area contributed by atoms with Gasteiger partial charge in [-0.25, -0.2) is 8.42 Å². The van der Waals surface area contributed by atoms with Crippen molar-refractivity contribution in [2.75, 3.05) is 13.1 Å². The van der Waals surface area contributed by atoms with Gasteiger partial charge in [0.25, 0.3) is 0 Å². The van der Waals surface area contributed by atoms with E-state index in [9.17, 15) is 8.42 Å².